The second-order valence-corrected chi connectivity index (χ2v) is 3.29. The summed E-state index contributed by atoms with van der Waals surface area (Å²) in [5.74, 6) is 0.257. The van der Waals surface area contributed by atoms with Gasteiger partial charge in [-0.15, -0.1) is 5.10 Å². The lowest BCUT2D eigenvalue weighted by Gasteiger charge is -2.11. The lowest BCUT2D eigenvalue weighted by atomic mass is 10.2. The third-order valence-corrected chi connectivity index (χ3v) is 2.26. The van der Waals surface area contributed by atoms with E-state index in [1.807, 2.05) is 6.08 Å². The highest BCUT2D eigenvalue weighted by atomic mass is 32.1. The van der Waals surface area contributed by atoms with Crippen molar-refractivity contribution in [1.29, 1.82) is 0 Å². The number of carbonyl (C=O) groups is 1. The molecule has 1 aromatic heterocycles. The van der Waals surface area contributed by atoms with Crippen LogP contribution in [0.1, 0.15) is 23.3 Å². The van der Waals surface area contributed by atoms with E-state index >= 15 is 0 Å². The van der Waals surface area contributed by atoms with E-state index < -0.39 is 0 Å². The van der Waals surface area contributed by atoms with Gasteiger partial charge < -0.3 is 4.74 Å². The van der Waals surface area contributed by atoms with Gasteiger partial charge in [0, 0.05) is 5.38 Å². The summed E-state index contributed by atoms with van der Waals surface area (Å²) in [6, 6.07) is 0. The van der Waals surface area contributed by atoms with Crippen molar-refractivity contribution in [3.8, 4) is 0 Å². The standard InChI is InChI=1S/C8H8N2O2S/c11-8(6-5-13-10-9-6)7-3-1-2-4-12-7/h3,5H,1-2,4H2. The highest BCUT2D eigenvalue weighted by Crippen LogP contribution is 2.14. The number of nitrogens with zero attached hydrogens (tertiary/aromatic N) is 2. The van der Waals surface area contributed by atoms with E-state index in [0.29, 0.717) is 18.1 Å². The van der Waals surface area contributed by atoms with Gasteiger partial charge in [0.25, 0.3) is 0 Å². The minimum Gasteiger partial charge on any atom is -0.490 e. The summed E-state index contributed by atoms with van der Waals surface area (Å²) in [6.45, 7) is 0.620. The lowest BCUT2D eigenvalue weighted by Crippen LogP contribution is -2.11. The highest BCUT2D eigenvalue weighted by Gasteiger charge is 2.17. The van der Waals surface area contributed by atoms with Crippen LogP contribution in [0.4, 0.5) is 0 Å². The topological polar surface area (TPSA) is 52.1 Å². The fourth-order valence-corrected chi connectivity index (χ4v) is 1.54. The molecular weight excluding hydrogens is 188 g/mol. The Bertz CT molecular complexity index is 332. The quantitative estimate of drug-likeness (QED) is 0.671. The Labute approximate surface area is 79.4 Å². The third-order valence-electron chi connectivity index (χ3n) is 1.75. The van der Waals surface area contributed by atoms with Crippen LogP contribution in [0.25, 0.3) is 0 Å². The molecule has 1 aromatic rings. The first-order valence-electron chi connectivity index (χ1n) is 4.02. The minimum atomic E-state index is -0.159. The lowest BCUT2D eigenvalue weighted by molar-refractivity contribution is 0.0894. The zero-order valence-electron chi connectivity index (χ0n) is 6.90. The Kier molecular flexibility index (Phi) is 2.35. The molecular formula is C8H8N2O2S. The number of ether oxygens (including phenoxy) is 1. The molecule has 0 amide bonds. The SMILES string of the molecule is O=C(C1=CCCCO1)c1csnn1. The van der Waals surface area contributed by atoms with Crippen LogP contribution in [0.2, 0.25) is 0 Å². The first kappa shape index (κ1) is 8.37. The molecule has 2 rings (SSSR count). The summed E-state index contributed by atoms with van der Waals surface area (Å²) in [7, 11) is 0. The Morgan fingerprint density at radius 1 is 1.62 bits per heavy atom. The summed E-state index contributed by atoms with van der Waals surface area (Å²) in [5, 5.41) is 5.32. The highest BCUT2D eigenvalue weighted by molar-refractivity contribution is 7.03. The molecule has 2 heterocycles. The molecule has 0 atom stereocenters. The maximum Gasteiger partial charge on any atom is 0.248 e. The Hall–Kier alpha value is -1.23. The molecule has 5 heteroatoms. The van der Waals surface area contributed by atoms with Crippen LogP contribution in [0.3, 0.4) is 0 Å². The zero-order chi connectivity index (χ0) is 9.10. The van der Waals surface area contributed by atoms with E-state index in [0.717, 1.165) is 12.8 Å². The van der Waals surface area contributed by atoms with Gasteiger partial charge in [0.15, 0.2) is 5.76 Å². The van der Waals surface area contributed by atoms with Gasteiger partial charge in [-0.3, -0.25) is 4.79 Å². The number of aromatic nitrogens is 2. The molecule has 1 aliphatic rings. The van der Waals surface area contributed by atoms with Crippen LogP contribution >= 0.6 is 11.5 Å². The molecule has 0 N–H and O–H groups in total. The van der Waals surface area contributed by atoms with Crippen molar-refractivity contribution in [2.75, 3.05) is 6.61 Å². The monoisotopic (exact) mass is 196 g/mol. The molecule has 0 saturated carbocycles. The Morgan fingerprint density at radius 2 is 2.54 bits per heavy atom. The average Bonchev–Trinajstić information content (AvgIpc) is 2.71. The van der Waals surface area contributed by atoms with Gasteiger partial charge in [0.1, 0.15) is 5.69 Å². The average molecular weight is 196 g/mol. The Morgan fingerprint density at radius 3 is 3.15 bits per heavy atom. The van der Waals surface area contributed by atoms with Crippen molar-refractivity contribution >= 4 is 17.3 Å². The minimum absolute atomic E-state index is 0.159. The van der Waals surface area contributed by atoms with E-state index in [1.165, 1.54) is 11.5 Å². The smallest absolute Gasteiger partial charge is 0.248 e. The van der Waals surface area contributed by atoms with Gasteiger partial charge in [-0.1, -0.05) is 4.49 Å². The van der Waals surface area contributed by atoms with E-state index in [4.69, 9.17) is 4.74 Å². The summed E-state index contributed by atoms with van der Waals surface area (Å²) >= 11 is 1.17. The van der Waals surface area contributed by atoms with Crippen molar-refractivity contribution in [3.05, 3.63) is 22.9 Å². The summed E-state index contributed by atoms with van der Waals surface area (Å²) in [5.41, 5.74) is 0.373. The fourth-order valence-electron chi connectivity index (χ4n) is 1.11. The molecule has 0 spiro atoms. The van der Waals surface area contributed by atoms with E-state index in [1.54, 1.807) is 5.38 Å². The van der Waals surface area contributed by atoms with Crippen LogP contribution in [0.15, 0.2) is 17.2 Å². The molecule has 4 nitrogen and oxygen atoms in total. The first-order chi connectivity index (χ1) is 6.38. The van der Waals surface area contributed by atoms with Gasteiger partial charge in [0.2, 0.25) is 5.78 Å². The largest absolute Gasteiger partial charge is 0.490 e. The Balaban J connectivity index is 2.17. The molecule has 0 aliphatic carbocycles. The van der Waals surface area contributed by atoms with Crippen LogP contribution in [-0.4, -0.2) is 22.0 Å². The van der Waals surface area contributed by atoms with Crippen LogP contribution in [0, 0.1) is 0 Å². The molecule has 0 radical (unpaired) electrons. The van der Waals surface area contributed by atoms with Crippen molar-refractivity contribution in [3.63, 3.8) is 0 Å². The van der Waals surface area contributed by atoms with Crippen molar-refractivity contribution in [2.24, 2.45) is 0 Å². The zero-order valence-corrected chi connectivity index (χ0v) is 7.71. The van der Waals surface area contributed by atoms with E-state index in [9.17, 15) is 4.79 Å². The van der Waals surface area contributed by atoms with Crippen LogP contribution in [-0.2, 0) is 4.74 Å². The van der Waals surface area contributed by atoms with Gasteiger partial charge in [-0.25, -0.2) is 0 Å². The molecule has 0 bridgehead atoms. The van der Waals surface area contributed by atoms with Crippen molar-refractivity contribution < 1.29 is 9.53 Å². The molecule has 0 unspecified atom stereocenters. The van der Waals surface area contributed by atoms with Gasteiger partial charge in [-0.05, 0) is 30.5 Å². The predicted octanol–water partition coefficient (Wildman–Crippen LogP) is 1.42. The molecule has 13 heavy (non-hydrogen) atoms. The summed E-state index contributed by atoms with van der Waals surface area (Å²) in [6.07, 6.45) is 3.69. The second kappa shape index (κ2) is 3.66. The fraction of sp³-hybridized carbons (Fsp3) is 0.375. The maximum absolute atomic E-state index is 11.6. The summed E-state index contributed by atoms with van der Waals surface area (Å²) < 4.78 is 8.84. The molecule has 1 aliphatic heterocycles. The number of hydrogen-bond acceptors (Lipinski definition) is 5. The van der Waals surface area contributed by atoms with E-state index in [2.05, 4.69) is 9.59 Å². The first-order valence-corrected chi connectivity index (χ1v) is 4.86. The van der Waals surface area contributed by atoms with E-state index in [-0.39, 0.29) is 5.78 Å². The number of ketones is 1. The van der Waals surface area contributed by atoms with Crippen molar-refractivity contribution in [1.82, 2.24) is 9.59 Å². The number of carbonyl (C=O) groups excluding carboxylic acids is 1. The van der Waals surface area contributed by atoms with Gasteiger partial charge in [-0.2, -0.15) is 0 Å². The predicted molar refractivity (Wildman–Crippen MR) is 47.5 cm³/mol. The number of hydrogen-bond donors (Lipinski definition) is 0. The van der Waals surface area contributed by atoms with Crippen LogP contribution in [0.5, 0.6) is 0 Å². The van der Waals surface area contributed by atoms with Crippen molar-refractivity contribution in [2.45, 2.75) is 12.8 Å². The normalized spacial score (nSPS) is 16.2. The van der Waals surface area contributed by atoms with Crippen LogP contribution < -0.4 is 0 Å². The number of allylic oxidation sites excluding steroid dienone is 2. The number of Topliss-reactive ketones (excluding diaryl/α,β-unsaturated/α-hetero) is 1. The van der Waals surface area contributed by atoms with Gasteiger partial charge in [0.05, 0.1) is 6.61 Å². The van der Waals surface area contributed by atoms with Gasteiger partial charge >= 0.3 is 0 Å². The summed E-state index contributed by atoms with van der Waals surface area (Å²) in [4.78, 5) is 11.6. The molecule has 0 saturated heterocycles. The molecule has 0 fully saturated rings. The molecule has 0 aromatic carbocycles. The molecule has 68 valence electrons. The third kappa shape index (κ3) is 1.75. The second-order valence-electron chi connectivity index (χ2n) is 2.68. The number of rotatable bonds is 2. The maximum atomic E-state index is 11.6.